The van der Waals surface area contributed by atoms with Crippen molar-refractivity contribution >= 4 is 11.6 Å². The topological polar surface area (TPSA) is 73.6 Å². The summed E-state index contributed by atoms with van der Waals surface area (Å²) in [5.74, 6) is 0.570. The Morgan fingerprint density at radius 1 is 1.15 bits per heavy atom. The van der Waals surface area contributed by atoms with E-state index in [-0.39, 0.29) is 12.0 Å². The molecule has 3 rings (SSSR count). The van der Waals surface area contributed by atoms with Gasteiger partial charge in [0, 0.05) is 24.1 Å². The summed E-state index contributed by atoms with van der Waals surface area (Å²) >= 11 is 0. The third-order valence-electron chi connectivity index (χ3n) is 5.60. The van der Waals surface area contributed by atoms with Crippen molar-refractivity contribution in [1.82, 2.24) is 0 Å². The molecule has 0 bridgehead atoms. The quantitative estimate of drug-likeness (QED) is 0.781. The minimum Gasteiger partial charge on any atom is -0.489 e. The molecule has 1 aliphatic carbocycles. The van der Waals surface area contributed by atoms with Gasteiger partial charge in [0.25, 0.3) is 0 Å². The fourth-order valence-electron chi connectivity index (χ4n) is 3.44. The first kappa shape index (κ1) is 19.4. The number of ether oxygens (including phenoxy) is 2. The van der Waals surface area contributed by atoms with Gasteiger partial charge in [-0.05, 0) is 36.8 Å². The lowest BCUT2D eigenvalue weighted by molar-refractivity contribution is -0.166. The zero-order chi connectivity index (χ0) is 19.5. The van der Waals surface area contributed by atoms with E-state index in [1.165, 1.54) is 0 Å². The van der Waals surface area contributed by atoms with Crippen LogP contribution in [0.15, 0.2) is 54.6 Å². The van der Waals surface area contributed by atoms with Gasteiger partial charge in [-0.25, -0.2) is 0 Å². The van der Waals surface area contributed by atoms with Crippen LogP contribution in [-0.4, -0.2) is 24.2 Å². The Balaban J connectivity index is 1.57. The summed E-state index contributed by atoms with van der Waals surface area (Å²) in [5, 5.41) is 2.93. The summed E-state index contributed by atoms with van der Waals surface area (Å²) in [5.41, 5.74) is 6.88. The molecular formula is C22H28N2O3. The molecule has 27 heavy (non-hydrogen) atoms. The molecule has 0 aliphatic heterocycles. The molecule has 1 aliphatic rings. The molecule has 0 radical (unpaired) electrons. The summed E-state index contributed by atoms with van der Waals surface area (Å²) < 4.78 is 11.5. The smallest absolute Gasteiger partial charge is 0.245 e. The third kappa shape index (κ3) is 3.84. The summed E-state index contributed by atoms with van der Waals surface area (Å²) in [6.07, 6.45) is 0.532. The molecule has 2 unspecified atom stereocenters. The van der Waals surface area contributed by atoms with Crippen LogP contribution in [0.4, 0.5) is 5.69 Å². The predicted molar refractivity (Wildman–Crippen MR) is 107 cm³/mol. The Labute approximate surface area is 160 Å². The highest BCUT2D eigenvalue weighted by Crippen LogP contribution is 2.50. The average Bonchev–Trinajstić information content (AvgIpc) is 2.68. The summed E-state index contributed by atoms with van der Waals surface area (Å²) in [7, 11) is 0. The zero-order valence-electron chi connectivity index (χ0n) is 16.2. The van der Waals surface area contributed by atoms with Gasteiger partial charge in [0.2, 0.25) is 5.91 Å². The Bertz CT molecular complexity index is 774. The fourth-order valence-corrected chi connectivity index (χ4v) is 3.44. The number of carbonyl (C=O) groups is 1. The maximum atomic E-state index is 12.8. The Morgan fingerprint density at radius 2 is 1.81 bits per heavy atom. The molecule has 1 saturated carbocycles. The van der Waals surface area contributed by atoms with E-state index < -0.39 is 11.0 Å². The second-order valence-corrected chi connectivity index (χ2v) is 7.59. The molecule has 0 spiro atoms. The molecular weight excluding hydrogens is 340 g/mol. The second-order valence-electron chi connectivity index (χ2n) is 7.59. The highest BCUT2D eigenvalue weighted by atomic mass is 16.5. The number of amides is 1. The number of anilines is 1. The fraction of sp³-hybridized carbons (Fsp3) is 0.409. The highest BCUT2D eigenvalue weighted by molar-refractivity contribution is 5.99. The normalized spacial score (nSPS) is 23.3. The van der Waals surface area contributed by atoms with Gasteiger partial charge >= 0.3 is 0 Å². The maximum Gasteiger partial charge on any atom is 0.245 e. The van der Waals surface area contributed by atoms with Gasteiger partial charge in [-0.2, -0.15) is 0 Å². The lowest BCUT2D eigenvalue weighted by atomic mass is 9.54. The van der Waals surface area contributed by atoms with Crippen LogP contribution in [0.2, 0.25) is 0 Å². The lowest BCUT2D eigenvalue weighted by Gasteiger charge is -2.57. The largest absolute Gasteiger partial charge is 0.489 e. The number of benzene rings is 2. The van der Waals surface area contributed by atoms with Crippen LogP contribution in [0.5, 0.6) is 5.75 Å². The van der Waals surface area contributed by atoms with E-state index in [1.54, 1.807) is 0 Å². The number of hydrogen-bond acceptors (Lipinski definition) is 4. The summed E-state index contributed by atoms with van der Waals surface area (Å²) in [6, 6.07) is 17.3. The minimum atomic E-state index is -0.935. The van der Waals surface area contributed by atoms with E-state index in [1.807, 2.05) is 75.4 Å². The number of nitrogens with one attached hydrogen (secondary N) is 1. The third-order valence-corrected chi connectivity index (χ3v) is 5.60. The molecule has 2 atom stereocenters. The molecule has 1 amide bonds. The van der Waals surface area contributed by atoms with Crippen LogP contribution in [0, 0.1) is 5.41 Å². The van der Waals surface area contributed by atoms with Crippen molar-refractivity contribution in [2.75, 3.05) is 11.9 Å². The van der Waals surface area contributed by atoms with Gasteiger partial charge in [0.05, 0.1) is 6.10 Å². The van der Waals surface area contributed by atoms with Crippen LogP contribution in [0.25, 0.3) is 0 Å². The van der Waals surface area contributed by atoms with E-state index in [2.05, 4.69) is 5.32 Å². The summed E-state index contributed by atoms with van der Waals surface area (Å²) in [4.78, 5) is 12.8. The number of rotatable bonds is 7. The van der Waals surface area contributed by atoms with Gasteiger partial charge < -0.3 is 20.5 Å². The molecule has 0 heterocycles. The standard InChI is InChI=1S/C22H28N2O3/c1-4-26-19-14-22(23,21(19,2)3)20(25)24-17-10-12-18(13-11-17)27-15-16-8-6-5-7-9-16/h5-13,19H,4,14-15,23H2,1-3H3,(H,24,25). The molecule has 2 aromatic rings. The molecule has 1 fully saturated rings. The Hall–Kier alpha value is -2.37. The van der Waals surface area contributed by atoms with Crippen LogP contribution in [0.1, 0.15) is 32.8 Å². The molecule has 2 aromatic carbocycles. The molecule has 5 heteroatoms. The van der Waals surface area contributed by atoms with Gasteiger partial charge in [-0.15, -0.1) is 0 Å². The van der Waals surface area contributed by atoms with Crippen molar-refractivity contribution in [3.8, 4) is 5.75 Å². The van der Waals surface area contributed by atoms with E-state index in [9.17, 15) is 4.79 Å². The number of nitrogens with two attached hydrogens (primary N) is 1. The van der Waals surface area contributed by atoms with Gasteiger partial charge in [0.15, 0.2) is 0 Å². The molecule has 0 aromatic heterocycles. The first-order valence-corrected chi connectivity index (χ1v) is 9.35. The van der Waals surface area contributed by atoms with Crippen molar-refractivity contribution in [3.05, 3.63) is 60.2 Å². The number of carbonyl (C=O) groups excluding carboxylic acids is 1. The van der Waals surface area contributed by atoms with Crippen LogP contribution in [0.3, 0.4) is 0 Å². The highest BCUT2D eigenvalue weighted by Gasteiger charge is 2.62. The van der Waals surface area contributed by atoms with Gasteiger partial charge in [-0.1, -0.05) is 44.2 Å². The van der Waals surface area contributed by atoms with E-state index >= 15 is 0 Å². The Kier molecular flexibility index (Phi) is 5.53. The SMILES string of the molecule is CCOC1CC(N)(C(=O)Nc2ccc(OCc3ccccc3)cc2)C1(C)C. The van der Waals surface area contributed by atoms with Crippen molar-refractivity contribution in [3.63, 3.8) is 0 Å². The van der Waals surface area contributed by atoms with Crippen molar-refractivity contribution in [2.45, 2.75) is 45.4 Å². The van der Waals surface area contributed by atoms with Crippen LogP contribution < -0.4 is 15.8 Å². The van der Waals surface area contributed by atoms with Crippen molar-refractivity contribution < 1.29 is 14.3 Å². The predicted octanol–water partition coefficient (Wildman–Crippen LogP) is 3.74. The first-order chi connectivity index (χ1) is 12.9. The monoisotopic (exact) mass is 368 g/mol. The minimum absolute atomic E-state index is 0.00649. The maximum absolute atomic E-state index is 12.8. The van der Waals surface area contributed by atoms with E-state index in [0.29, 0.717) is 25.3 Å². The molecule has 3 N–H and O–H groups in total. The summed E-state index contributed by atoms with van der Waals surface area (Å²) in [6.45, 7) is 7.05. The lowest BCUT2D eigenvalue weighted by Crippen LogP contribution is -2.74. The first-order valence-electron chi connectivity index (χ1n) is 9.35. The van der Waals surface area contributed by atoms with E-state index in [0.717, 1.165) is 11.3 Å². The average molecular weight is 368 g/mol. The molecule has 5 nitrogen and oxygen atoms in total. The van der Waals surface area contributed by atoms with Crippen molar-refractivity contribution in [1.29, 1.82) is 0 Å². The molecule has 0 saturated heterocycles. The van der Waals surface area contributed by atoms with Crippen LogP contribution >= 0.6 is 0 Å². The van der Waals surface area contributed by atoms with E-state index in [4.69, 9.17) is 15.2 Å². The van der Waals surface area contributed by atoms with Crippen molar-refractivity contribution in [2.24, 2.45) is 11.1 Å². The number of hydrogen-bond donors (Lipinski definition) is 2. The molecule has 144 valence electrons. The van der Waals surface area contributed by atoms with Crippen LogP contribution in [-0.2, 0) is 16.1 Å². The zero-order valence-corrected chi connectivity index (χ0v) is 16.2. The van der Waals surface area contributed by atoms with Gasteiger partial charge in [0.1, 0.15) is 17.9 Å². The second kappa shape index (κ2) is 7.71. The Morgan fingerprint density at radius 3 is 2.41 bits per heavy atom. The van der Waals surface area contributed by atoms with Gasteiger partial charge in [-0.3, -0.25) is 4.79 Å².